The lowest BCUT2D eigenvalue weighted by atomic mass is 9.68. The van der Waals surface area contributed by atoms with Gasteiger partial charge in [0.25, 0.3) is 0 Å². The third-order valence-corrected chi connectivity index (χ3v) is 6.71. The molecule has 0 radical (unpaired) electrons. The number of hydrogen-bond acceptors (Lipinski definition) is 2. The summed E-state index contributed by atoms with van der Waals surface area (Å²) in [6.45, 7) is 9.83. The molecule has 2 heteroatoms. The minimum Gasteiger partial charge on any atom is -0.310 e. The molecule has 1 nitrogen and oxygen atoms in total. The summed E-state index contributed by atoms with van der Waals surface area (Å²) in [6, 6.07) is 5.69. The first-order chi connectivity index (χ1) is 8.92. The van der Waals surface area contributed by atoms with Crippen LogP contribution in [-0.4, -0.2) is 12.1 Å². The molecule has 19 heavy (non-hydrogen) atoms. The molecule has 0 spiro atoms. The molecule has 0 aromatic carbocycles. The van der Waals surface area contributed by atoms with Crippen LogP contribution in [-0.2, 0) is 6.42 Å². The van der Waals surface area contributed by atoms with E-state index in [4.69, 9.17) is 0 Å². The van der Waals surface area contributed by atoms with Crippen molar-refractivity contribution in [1.82, 2.24) is 5.32 Å². The van der Waals surface area contributed by atoms with E-state index in [1.807, 2.05) is 11.3 Å². The molecule has 106 valence electrons. The van der Waals surface area contributed by atoms with Crippen LogP contribution in [0.1, 0.15) is 51.8 Å². The lowest BCUT2D eigenvalue weighted by Crippen LogP contribution is -2.53. The van der Waals surface area contributed by atoms with Crippen molar-refractivity contribution < 1.29 is 0 Å². The quantitative estimate of drug-likeness (QED) is 0.855. The Morgan fingerprint density at radius 1 is 1.42 bits per heavy atom. The molecule has 1 aromatic rings. The Balaban J connectivity index is 1.69. The molecule has 2 aliphatic rings. The fourth-order valence-electron chi connectivity index (χ4n) is 4.79. The predicted octanol–water partition coefficient (Wildman–Crippen LogP) is 4.48. The SMILES string of the molecule is CC(Cc1cccs1)NC1C(C)(C)[C@H]2CC[C@]1(C)C2. The topological polar surface area (TPSA) is 12.0 Å². The second kappa shape index (κ2) is 4.60. The highest BCUT2D eigenvalue weighted by Crippen LogP contribution is 2.62. The molecule has 2 aliphatic carbocycles. The molecular formula is C17H27NS. The summed E-state index contributed by atoms with van der Waals surface area (Å²) >= 11 is 1.88. The lowest BCUT2D eigenvalue weighted by molar-refractivity contribution is 0.100. The van der Waals surface area contributed by atoms with Crippen molar-refractivity contribution in [3.63, 3.8) is 0 Å². The maximum absolute atomic E-state index is 3.99. The van der Waals surface area contributed by atoms with Crippen molar-refractivity contribution in [2.45, 2.75) is 65.5 Å². The fraction of sp³-hybridized carbons (Fsp3) is 0.765. The molecule has 2 unspecified atom stereocenters. The third kappa shape index (κ3) is 2.27. The van der Waals surface area contributed by atoms with Crippen molar-refractivity contribution >= 4 is 11.3 Å². The monoisotopic (exact) mass is 277 g/mol. The minimum atomic E-state index is 0.469. The maximum atomic E-state index is 3.99. The molecule has 4 atom stereocenters. The highest BCUT2D eigenvalue weighted by atomic mass is 32.1. The Hall–Kier alpha value is -0.340. The summed E-state index contributed by atoms with van der Waals surface area (Å²) in [7, 11) is 0. The Kier molecular flexibility index (Phi) is 3.30. The summed E-state index contributed by atoms with van der Waals surface area (Å²) in [5.41, 5.74) is 1.01. The van der Waals surface area contributed by atoms with Gasteiger partial charge in [0.2, 0.25) is 0 Å². The Morgan fingerprint density at radius 3 is 2.79 bits per heavy atom. The van der Waals surface area contributed by atoms with Crippen LogP contribution in [0.25, 0.3) is 0 Å². The average molecular weight is 277 g/mol. The van der Waals surface area contributed by atoms with Gasteiger partial charge < -0.3 is 5.32 Å². The number of thiophene rings is 1. The van der Waals surface area contributed by atoms with Crippen LogP contribution in [0.4, 0.5) is 0 Å². The molecule has 2 bridgehead atoms. The lowest BCUT2D eigenvalue weighted by Gasteiger charge is -2.44. The molecule has 1 aromatic heterocycles. The smallest absolute Gasteiger partial charge is 0.0177 e. The van der Waals surface area contributed by atoms with Crippen LogP contribution in [0, 0.1) is 16.7 Å². The van der Waals surface area contributed by atoms with E-state index in [2.05, 4.69) is 50.5 Å². The van der Waals surface area contributed by atoms with Gasteiger partial charge in [0.15, 0.2) is 0 Å². The van der Waals surface area contributed by atoms with Crippen LogP contribution in [0.5, 0.6) is 0 Å². The second-order valence-electron chi connectivity index (χ2n) is 7.70. The molecule has 2 saturated carbocycles. The van der Waals surface area contributed by atoms with E-state index in [9.17, 15) is 0 Å². The highest BCUT2D eigenvalue weighted by molar-refractivity contribution is 7.09. The average Bonchev–Trinajstić information content (AvgIpc) is 2.98. The molecule has 2 fully saturated rings. The van der Waals surface area contributed by atoms with E-state index in [1.165, 1.54) is 30.6 Å². The largest absolute Gasteiger partial charge is 0.310 e. The standard InChI is InChI=1S/C17H27NS/c1-12(10-14-6-5-9-19-14)18-15-16(2,3)13-7-8-17(15,4)11-13/h5-6,9,12-13,15,18H,7-8,10-11H2,1-4H3/t12?,13-,15?,17+/m0/s1. The van der Waals surface area contributed by atoms with E-state index in [0.29, 0.717) is 22.9 Å². The highest BCUT2D eigenvalue weighted by Gasteiger charge is 2.59. The van der Waals surface area contributed by atoms with Crippen LogP contribution in [0.3, 0.4) is 0 Å². The van der Waals surface area contributed by atoms with Crippen molar-refractivity contribution in [2.75, 3.05) is 0 Å². The van der Waals surface area contributed by atoms with Crippen molar-refractivity contribution in [2.24, 2.45) is 16.7 Å². The zero-order valence-electron chi connectivity index (χ0n) is 12.7. The number of rotatable bonds is 4. The third-order valence-electron chi connectivity index (χ3n) is 5.81. The van der Waals surface area contributed by atoms with E-state index >= 15 is 0 Å². The molecule has 0 saturated heterocycles. The summed E-state index contributed by atoms with van der Waals surface area (Å²) < 4.78 is 0. The van der Waals surface area contributed by atoms with Gasteiger partial charge in [0.05, 0.1) is 0 Å². The van der Waals surface area contributed by atoms with Crippen LogP contribution in [0.15, 0.2) is 17.5 Å². The van der Waals surface area contributed by atoms with Crippen LogP contribution in [0.2, 0.25) is 0 Å². The molecule has 0 aliphatic heterocycles. The van der Waals surface area contributed by atoms with Crippen molar-refractivity contribution in [3.8, 4) is 0 Å². The van der Waals surface area contributed by atoms with Gasteiger partial charge >= 0.3 is 0 Å². The predicted molar refractivity (Wildman–Crippen MR) is 83.6 cm³/mol. The molecule has 1 heterocycles. The van der Waals surface area contributed by atoms with Crippen molar-refractivity contribution in [3.05, 3.63) is 22.4 Å². The number of fused-ring (bicyclic) bond motifs is 2. The fourth-order valence-corrected chi connectivity index (χ4v) is 5.63. The minimum absolute atomic E-state index is 0.469. The van der Waals surface area contributed by atoms with Gasteiger partial charge in [-0.1, -0.05) is 26.8 Å². The normalized spacial score (nSPS) is 37.7. The van der Waals surface area contributed by atoms with Gasteiger partial charge in [-0.15, -0.1) is 11.3 Å². The van der Waals surface area contributed by atoms with E-state index in [-0.39, 0.29) is 0 Å². The van der Waals surface area contributed by atoms with Crippen LogP contribution >= 0.6 is 11.3 Å². The zero-order valence-corrected chi connectivity index (χ0v) is 13.5. The van der Waals surface area contributed by atoms with Gasteiger partial charge in [0, 0.05) is 17.0 Å². The van der Waals surface area contributed by atoms with Crippen molar-refractivity contribution in [1.29, 1.82) is 0 Å². The number of hydrogen-bond donors (Lipinski definition) is 1. The number of nitrogens with one attached hydrogen (secondary N) is 1. The second-order valence-corrected chi connectivity index (χ2v) is 8.73. The van der Waals surface area contributed by atoms with Crippen LogP contribution < -0.4 is 5.32 Å². The Morgan fingerprint density at radius 2 is 2.21 bits per heavy atom. The van der Waals surface area contributed by atoms with E-state index in [1.54, 1.807) is 0 Å². The van der Waals surface area contributed by atoms with Gasteiger partial charge in [0.1, 0.15) is 0 Å². The summed E-state index contributed by atoms with van der Waals surface area (Å²) in [5, 5.41) is 6.17. The van der Waals surface area contributed by atoms with Gasteiger partial charge in [-0.2, -0.15) is 0 Å². The summed E-state index contributed by atoms with van der Waals surface area (Å²) in [4.78, 5) is 1.51. The van der Waals surface area contributed by atoms with E-state index < -0.39 is 0 Å². The first-order valence-corrected chi connectivity index (χ1v) is 8.58. The van der Waals surface area contributed by atoms with Gasteiger partial charge in [-0.3, -0.25) is 0 Å². The molecule has 3 rings (SSSR count). The first-order valence-electron chi connectivity index (χ1n) is 7.70. The molecule has 1 N–H and O–H groups in total. The first kappa shape index (κ1) is 13.6. The zero-order chi connectivity index (χ0) is 13.7. The van der Waals surface area contributed by atoms with Gasteiger partial charge in [-0.05, 0) is 60.8 Å². The summed E-state index contributed by atoms with van der Waals surface area (Å²) in [6.07, 6.45) is 5.47. The van der Waals surface area contributed by atoms with E-state index in [0.717, 1.165) is 5.92 Å². The maximum Gasteiger partial charge on any atom is 0.0177 e. The summed E-state index contributed by atoms with van der Waals surface area (Å²) in [5.74, 6) is 0.934. The molecule has 0 amide bonds. The molecular weight excluding hydrogens is 250 g/mol. The van der Waals surface area contributed by atoms with Gasteiger partial charge in [-0.25, -0.2) is 0 Å². The Bertz CT molecular complexity index is 431. The Labute approximate surface area is 121 Å².